The minimum atomic E-state index is -0.686. The highest BCUT2D eigenvalue weighted by Crippen LogP contribution is 2.16. The van der Waals surface area contributed by atoms with Crippen molar-refractivity contribution in [3.8, 4) is 0 Å². The summed E-state index contributed by atoms with van der Waals surface area (Å²) in [5.74, 6) is -0.995. The molecule has 2 amide bonds. The molecule has 0 spiro atoms. The van der Waals surface area contributed by atoms with E-state index in [4.69, 9.17) is 4.74 Å². The van der Waals surface area contributed by atoms with Gasteiger partial charge >= 0.3 is 0 Å². The van der Waals surface area contributed by atoms with E-state index in [2.05, 4.69) is 15.6 Å². The summed E-state index contributed by atoms with van der Waals surface area (Å²) in [6.45, 7) is 0.179. The van der Waals surface area contributed by atoms with Crippen LogP contribution in [0.5, 0.6) is 0 Å². The average Bonchev–Trinajstić information content (AvgIpc) is 2.76. The molecule has 0 fully saturated rings. The molecule has 3 rings (SSSR count). The molecule has 3 N–H and O–H groups in total. The van der Waals surface area contributed by atoms with Gasteiger partial charge in [-0.15, -0.1) is 0 Å². The highest BCUT2D eigenvalue weighted by Gasteiger charge is 2.29. The standard InChI is InChI=1S/C22H24FN3O4/c23-17-3-1-16(2-4-17)22(29)26-19-6-5-18(30-20(19)14-27)13-21(28)25-12-9-15-7-10-24-11-8-15/h1-8,10-11,18-20,27H,9,12-14H2,(H,25,28)(H,26,29)/t18-,19-,20+/m1/s1. The monoisotopic (exact) mass is 413 g/mol. The quantitative estimate of drug-likeness (QED) is 0.568. The molecular formula is C22H24FN3O4. The number of aliphatic hydroxyl groups is 1. The van der Waals surface area contributed by atoms with E-state index in [9.17, 15) is 19.1 Å². The molecule has 2 heterocycles. The number of ether oxygens (including phenoxy) is 1. The number of carbonyl (C=O) groups excluding carboxylic acids is 2. The predicted molar refractivity (Wildman–Crippen MR) is 108 cm³/mol. The number of hydrogen-bond donors (Lipinski definition) is 3. The fourth-order valence-corrected chi connectivity index (χ4v) is 3.12. The first-order valence-corrected chi connectivity index (χ1v) is 9.72. The molecule has 2 aromatic rings. The van der Waals surface area contributed by atoms with Crippen LogP contribution in [0.2, 0.25) is 0 Å². The van der Waals surface area contributed by atoms with Crippen LogP contribution in [-0.2, 0) is 16.0 Å². The lowest BCUT2D eigenvalue weighted by Gasteiger charge is -2.31. The number of benzene rings is 1. The Bertz CT molecular complexity index is 874. The Hall–Kier alpha value is -3.10. The predicted octanol–water partition coefficient (Wildman–Crippen LogP) is 1.38. The van der Waals surface area contributed by atoms with Gasteiger partial charge in [-0.1, -0.05) is 12.2 Å². The molecule has 0 bridgehead atoms. The number of carbonyl (C=O) groups is 2. The van der Waals surface area contributed by atoms with Crippen molar-refractivity contribution in [2.24, 2.45) is 0 Å². The van der Waals surface area contributed by atoms with Crippen molar-refractivity contribution in [1.29, 1.82) is 0 Å². The van der Waals surface area contributed by atoms with E-state index < -0.39 is 30.0 Å². The molecule has 1 aromatic carbocycles. The third-order valence-electron chi connectivity index (χ3n) is 4.74. The largest absolute Gasteiger partial charge is 0.394 e. The second-order valence-corrected chi connectivity index (χ2v) is 6.95. The van der Waals surface area contributed by atoms with Crippen LogP contribution in [-0.4, -0.2) is 53.3 Å². The first-order chi connectivity index (χ1) is 14.5. The van der Waals surface area contributed by atoms with E-state index in [0.717, 1.165) is 5.56 Å². The van der Waals surface area contributed by atoms with Crippen molar-refractivity contribution in [2.75, 3.05) is 13.2 Å². The summed E-state index contributed by atoms with van der Waals surface area (Å²) in [5, 5.41) is 15.2. The fourth-order valence-electron chi connectivity index (χ4n) is 3.12. The molecular weight excluding hydrogens is 389 g/mol. The summed E-state index contributed by atoms with van der Waals surface area (Å²) < 4.78 is 18.8. The molecule has 0 saturated carbocycles. The summed E-state index contributed by atoms with van der Waals surface area (Å²) >= 11 is 0. The van der Waals surface area contributed by atoms with E-state index in [1.807, 2.05) is 12.1 Å². The zero-order valence-corrected chi connectivity index (χ0v) is 16.3. The summed E-state index contributed by atoms with van der Waals surface area (Å²) in [5.41, 5.74) is 1.39. The van der Waals surface area contributed by atoms with Gasteiger partial charge in [0.2, 0.25) is 5.91 Å². The van der Waals surface area contributed by atoms with Crippen LogP contribution in [0.3, 0.4) is 0 Å². The molecule has 1 aliphatic rings. The van der Waals surface area contributed by atoms with Gasteiger partial charge in [-0.05, 0) is 48.4 Å². The van der Waals surface area contributed by atoms with Gasteiger partial charge in [-0.25, -0.2) is 4.39 Å². The number of pyridine rings is 1. The second kappa shape index (κ2) is 10.6. The molecule has 0 radical (unpaired) electrons. The van der Waals surface area contributed by atoms with Gasteiger partial charge in [0, 0.05) is 24.5 Å². The third-order valence-corrected chi connectivity index (χ3v) is 4.74. The Morgan fingerprint density at radius 1 is 1.10 bits per heavy atom. The normalized spacial score (nSPS) is 20.5. The number of nitrogens with zero attached hydrogens (tertiary/aromatic N) is 1. The summed E-state index contributed by atoms with van der Waals surface area (Å²) in [6, 6.07) is 8.40. The molecule has 0 aliphatic carbocycles. The minimum absolute atomic E-state index is 0.113. The lowest BCUT2D eigenvalue weighted by Crippen LogP contribution is -2.49. The maximum absolute atomic E-state index is 13.0. The summed E-state index contributed by atoms with van der Waals surface area (Å²) in [7, 11) is 0. The lowest BCUT2D eigenvalue weighted by molar-refractivity contribution is -0.125. The van der Waals surface area contributed by atoms with Crippen LogP contribution >= 0.6 is 0 Å². The molecule has 1 aliphatic heterocycles. The highest BCUT2D eigenvalue weighted by molar-refractivity contribution is 5.94. The van der Waals surface area contributed by atoms with Crippen LogP contribution in [0.15, 0.2) is 60.9 Å². The number of rotatable bonds is 8. The van der Waals surface area contributed by atoms with Crippen molar-refractivity contribution in [2.45, 2.75) is 31.1 Å². The number of hydrogen-bond acceptors (Lipinski definition) is 5. The van der Waals surface area contributed by atoms with Crippen LogP contribution < -0.4 is 10.6 Å². The van der Waals surface area contributed by atoms with Crippen LogP contribution in [0.25, 0.3) is 0 Å². The zero-order chi connectivity index (χ0) is 21.3. The van der Waals surface area contributed by atoms with Crippen LogP contribution in [0.1, 0.15) is 22.3 Å². The van der Waals surface area contributed by atoms with E-state index in [1.165, 1.54) is 24.3 Å². The van der Waals surface area contributed by atoms with Crippen molar-refractivity contribution in [3.05, 3.63) is 77.9 Å². The lowest BCUT2D eigenvalue weighted by atomic mass is 10.0. The van der Waals surface area contributed by atoms with E-state index in [0.29, 0.717) is 18.5 Å². The van der Waals surface area contributed by atoms with Crippen LogP contribution in [0, 0.1) is 5.82 Å². The molecule has 0 unspecified atom stereocenters. The van der Waals surface area contributed by atoms with Gasteiger partial charge in [-0.3, -0.25) is 14.6 Å². The molecule has 7 nitrogen and oxygen atoms in total. The van der Waals surface area contributed by atoms with Gasteiger partial charge in [0.15, 0.2) is 0 Å². The second-order valence-electron chi connectivity index (χ2n) is 6.95. The highest BCUT2D eigenvalue weighted by atomic mass is 19.1. The maximum atomic E-state index is 13.0. The first-order valence-electron chi connectivity index (χ1n) is 9.72. The first kappa shape index (κ1) is 21.6. The van der Waals surface area contributed by atoms with Gasteiger partial charge in [0.25, 0.3) is 5.91 Å². The Morgan fingerprint density at radius 2 is 1.83 bits per heavy atom. The zero-order valence-electron chi connectivity index (χ0n) is 16.3. The van der Waals surface area contributed by atoms with Crippen molar-refractivity contribution in [1.82, 2.24) is 15.6 Å². The van der Waals surface area contributed by atoms with E-state index in [1.54, 1.807) is 24.5 Å². The molecule has 3 atom stereocenters. The van der Waals surface area contributed by atoms with E-state index >= 15 is 0 Å². The number of aromatic nitrogens is 1. The van der Waals surface area contributed by atoms with E-state index in [-0.39, 0.29) is 18.9 Å². The summed E-state index contributed by atoms with van der Waals surface area (Å²) in [6.07, 6.45) is 6.45. The summed E-state index contributed by atoms with van der Waals surface area (Å²) in [4.78, 5) is 28.4. The number of amides is 2. The molecule has 30 heavy (non-hydrogen) atoms. The Labute approximate surface area is 174 Å². The SMILES string of the molecule is O=C(C[C@H]1C=C[C@@H](NC(=O)c2ccc(F)cc2)[C@H](CO)O1)NCCc1ccncc1. The average molecular weight is 413 g/mol. The Morgan fingerprint density at radius 3 is 2.53 bits per heavy atom. The number of aliphatic hydroxyl groups excluding tert-OH is 1. The van der Waals surface area contributed by atoms with Gasteiger partial charge < -0.3 is 20.5 Å². The molecule has 8 heteroatoms. The maximum Gasteiger partial charge on any atom is 0.251 e. The third kappa shape index (κ3) is 6.20. The smallest absolute Gasteiger partial charge is 0.251 e. The number of halogens is 1. The van der Waals surface area contributed by atoms with Gasteiger partial charge in [-0.2, -0.15) is 0 Å². The topological polar surface area (TPSA) is 101 Å². The van der Waals surface area contributed by atoms with Crippen LogP contribution in [0.4, 0.5) is 4.39 Å². The molecule has 0 saturated heterocycles. The fraction of sp³-hybridized carbons (Fsp3) is 0.318. The van der Waals surface area contributed by atoms with Crippen molar-refractivity contribution >= 4 is 11.8 Å². The minimum Gasteiger partial charge on any atom is -0.394 e. The van der Waals surface area contributed by atoms with Crippen molar-refractivity contribution in [3.63, 3.8) is 0 Å². The van der Waals surface area contributed by atoms with Gasteiger partial charge in [0.1, 0.15) is 11.9 Å². The molecule has 1 aromatic heterocycles. The Kier molecular flexibility index (Phi) is 7.64. The van der Waals surface area contributed by atoms with Crippen molar-refractivity contribution < 1.29 is 23.8 Å². The number of nitrogens with one attached hydrogen (secondary N) is 2. The molecule has 158 valence electrons. The van der Waals surface area contributed by atoms with Gasteiger partial charge in [0.05, 0.1) is 25.2 Å². The Balaban J connectivity index is 1.48.